The molecule has 0 spiro atoms. The maximum Gasteiger partial charge on any atom is 0.407 e. The van der Waals surface area contributed by atoms with Crippen molar-refractivity contribution in [2.45, 2.75) is 39.7 Å². The number of ether oxygens (including phenoxy) is 2. The Balaban J connectivity index is 2.36. The van der Waals surface area contributed by atoms with E-state index in [9.17, 15) is 9.18 Å². The van der Waals surface area contributed by atoms with Gasteiger partial charge in [0.25, 0.3) is 0 Å². The smallest absolute Gasteiger partial charge is 0.407 e. The molecular formula is C14H21FN2O3. The molecule has 1 heterocycles. The summed E-state index contributed by atoms with van der Waals surface area (Å²) in [5.74, 6) is 0.000897. The van der Waals surface area contributed by atoms with Gasteiger partial charge in [-0.05, 0) is 33.3 Å². The number of pyridine rings is 1. The van der Waals surface area contributed by atoms with Crippen molar-refractivity contribution >= 4 is 6.09 Å². The summed E-state index contributed by atoms with van der Waals surface area (Å²) in [5, 5.41) is 2.57. The zero-order chi connectivity index (χ0) is 15.2. The third-order valence-corrected chi connectivity index (χ3v) is 2.28. The highest BCUT2D eigenvalue weighted by Crippen LogP contribution is 2.16. The highest BCUT2D eigenvalue weighted by molar-refractivity contribution is 5.67. The van der Waals surface area contributed by atoms with Crippen LogP contribution in [0.4, 0.5) is 9.18 Å². The second-order valence-electron chi connectivity index (χ2n) is 5.25. The third kappa shape index (κ3) is 5.86. The largest absolute Gasteiger partial charge is 0.476 e. The Bertz CT molecular complexity index is 458. The second kappa shape index (κ2) is 7.07. The molecule has 112 valence electrons. The van der Waals surface area contributed by atoms with Gasteiger partial charge in [0, 0.05) is 5.56 Å². The monoisotopic (exact) mass is 284 g/mol. The highest BCUT2D eigenvalue weighted by atomic mass is 19.1. The molecule has 0 saturated heterocycles. The van der Waals surface area contributed by atoms with Crippen LogP contribution in [0.5, 0.6) is 5.88 Å². The molecule has 0 fully saturated rings. The van der Waals surface area contributed by atoms with Crippen molar-refractivity contribution in [1.29, 1.82) is 0 Å². The van der Waals surface area contributed by atoms with E-state index in [-0.39, 0.29) is 19.0 Å². The number of nitrogens with zero attached hydrogens (tertiary/aromatic N) is 1. The van der Waals surface area contributed by atoms with E-state index in [0.717, 1.165) is 6.20 Å². The van der Waals surface area contributed by atoms with E-state index in [4.69, 9.17) is 9.47 Å². The molecule has 1 N–H and O–H groups in total. The predicted molar refractivity (Wildman–Crippen MR) is 73.3 cm³/mol. The van der Waals surface area contributed by atoms with Gasteiger partial charge in [-0.2, -0.15) is 0 Å². The number of hydrogen-bond acceptors (Lipinski definition) is 4. The minimum Gasteiger partial charge on any atom is -0.476 e. The van der Waals surface area contributed by atoms with Crippen LogP contribution in [-0.4, -0.2) is 29.8 Å². The zero-order valence-corrected chi connectivity index (χ0v) is 12.3. The van der Waals surface area contributed by atoms with Crippen LogP contribution in [-0.2, 0) is 11.2 Å². The first-order valence-electron chi connectivity index (χ1n) is 6.56. The van der Waals surface area contributed by atoms with Crippen molar-refractivity contribution in [1.82, 2.24) is 10.3 Å². The summed E-state index contributed by atoms with van der Waals surface area (Å²) in [6.07, 6.45) is 1.24. The lowest BCUT2D eigenvalue weighted by molar-refractivity contribution is 0.0520. The SMILES string of the molecule is CCc1cc(F)cnc1OCCNC(=O)OC(C)(C)C. The van der Waals surface area contributed by atoms with E-state index in [2.05, 4.69) is 10.3 Å². The molecule has 1 amide bonds. The molecule has 1 aromatic heterocycles. The maximum atomic E-state index is 13.0. The number of rotatable bonds is 5. The molecule has 5 nitrogen and oxygen atoms in total. The number of halogens is 1. The van der Waals surface area contributed by atoms with Gasteiger partial charge >= 0.3 is 6.09 Å². The Labute approximate surface area is 118 Å². The van der Waals surface area contributed by atoms with Crippen molar-refractivity contribution in [3.63, 3.8) is 0 Å². The number of nitrogens with one attached hydrogen (secondary N) is 1. The van der Waals surface area contributed by atoms with Crippen LogP contribution in [0.2, 0.25) is 0 Å². The van der Waals surface area contributed by atoms with Gasteiger partial charge in [0.2, 0.25) is 5.88 Å². The molecule has 0 aliphatic heterocycles. The first-order chi connectivity index (χ1) is 9.31. The number of amides is 1. The number of hydrogen-bond donors (Lipinski definition) is 1. The Hall–Kier alpha value is -1.85. The lowest BCUT2D eigenvalue weighted by Crippen LogP contribution is -2.34. The molecule has 1 rings (SSSR count). The first-order valence-corrected chi connectivity index (χ1v) is 6.56. The molecular weight excluding hydrogens is 263 g/mol. The fraction of sp³-hybridized carbons (Fsp3) is 0.571. The molecule has 0 bridgehead atoms. The van der Waals surface area contributed by atoms with Crippen LogP contribution in [0.25, 0.3) is 0 Å². The molecule has 0 unspecified atom stereocenters. The van der Waals surface area contributed by atoms with Crippen molar-refractivity contribution in [2.24, 2.45) is 0 Å². The van der Waals surface area contributed by atoms with Gasteiger partial charge in [-0.3, -0.25) is 0 Å². The van der Waals surface area contributed by atoms with Crippen molar-refractivity contribution in [3.05, 3.63) is 23.6 Å². The predicted octanol–water partition coefficient (Wildman–Crippen LogP) is 2.69. The summed E-state index contributed by atoms with van der Waals surface area (Å²) in [6.45, 7) is 7.79. The Kier molecular flexibility index (Phi) is 5.73. The maximum absolute atomic E-state index is 13.0. The van der Waals surface area contributed by atoms with E-state index >= 15 is 0 Å². The number of alkyl carbamates (subject to hydrolysis) is 1. The third-order valence-electron chi connectivity index (χ3n) is 2.28. The number of carbonyl (C=O) groups excluding carboxylic acids is 1. The van der Waals surface area contributed by atoms with Crippen molar-refractivity contribution in [3.8, 4) is 5.88 Å². The summed E-state index contributed by atoms with van der Waals surface area (Å²) in [6, 6.07) is 1.39. The average Bonchev–Trinajstić information content (AvgIpc) is 2.33. The minimum absolute atomic E-state index is 0.241. The Morgan fingerprint density at radius 1 is 1.45 bits per heavy atom. The summed E-state index contributed by atoms with van der Waals surface area (Å²) in [4.78, 5) is 15.3. The molecule has 0 radical (unpaired) electrons. The van der Waals surface area contributed by atoms with E-state index in [1.807, 2.05) is 6.92 Å². The van der Waals surface area contributed by atoms with Crippen LogP contribution in [0.3, 0.4) is 0 Å². The van der Waals surface area contributed by atoms with Gasteiger partial charge in [0.15, 0.2) is 0 Å². The summed E-state index contributed by atoms with van der Waals surface area (Å²) in [7, 11) is 0. The quantitative estimate of drug-likeness (QED) is 0.844. The van der Waals surface area contributed by atoms with E-state index < -0.39 is 11.7 Å². The first kappa shape index (κ1) is 16.2. The molecule has 0 atom stereocenters. The minimum atomic E-state index is -0.529. The summed E-state index contributed by atoms with van der Waals surface area (Å²) >= 11 is 0. The van der Waals surface area contributed by atoms with Crippen LogP contribution >= 0.6 is 0 Å². The fourth-order valence-electron chi connectivity index (χ4n) is 1.47. The van der Waals surface area contributed by atoms with Gasteiger partial charge in [-0.25, -0.2) is 14.2 Å². The van der Waals surface area contributed by atoms with Crippen LogP contribution in [0, 0.1) is 5.82 Å². The van der Waals surface area contributed by atoms with Crippen LogP contribution < -0.4 is 10.1 Å². The Morgan fingerprint density at radius 2 is 2.15 bits per heavy atom. The summed E-state index contributed by atoms with van der Waals surface area (Å²) in [5.41, 5.74) is 0.168. The molecule has 0 aliphatic carbocycles. The van der Waals surface area contributed by atoms with E-state index in [0.29, 0.717) is 17.9 Å². The van der Waals surface area contributed by atoms with Gasteiger partial charge in [0.05, 0.1) is 12.7 Å². The topological polar surface area (TPSA) is 60.5 Å². The zero-order valence-electron chi connectivity index (χ0n) is 12.3. The molecule has 0 aromatic carbocycles. The number of aryl methyl sites for hydroxylation is 1. The normalized spacial score (nSPS) is 11.1. The van der Waals surface area contributed by atoms with E-state index in [1.54, 1.807) is 20.8 Å². The number of carbonyl (C=O) groups is 1. The van der Waals surface area contributed by atoms with Crippen LogP contribution in [0.15, 0.2) is 12.3 Å². The van der Waals surface area contributed by atoms with Crippen molar-refractivity contribution in [2.75, 3.05) is 13.2 Å². The number of aromatic nitrogens is 1. The van der Waals surface area contributed by atoms with Crippen molar-refractivity contribution < 1.29 is 18.7 Å². The van der Waals surface area contributed by atoms with E-state index in [1.165, 1.54) is 6.07 Å². The lowest BCUT2D eigenvalue weighted by Gasteiger charge is -2.19. The van der Waals surface area contributed by atoms with Gasteiger partial charge < -0.3 is 14.8 Å². The Morgan fingerprint density at radius 3 is 2.75 bits per heavy atom. The lowest BCUT2D eigenvalue weighted by atomic mass is 10.2. The molecule has 0 aliphatic rings. The average molecular weight is 284 g/mol. The highest BCUT2D eigenvalue weighted by Gasteiger charge is 2.15. The standard InChI is InChI=1S/C14H21FN2O3/c1-5-10-8-11(15)9-17-12(10)19-7-6-16-13(18)20-14(2,3)4/h8-9H,5-7H2,1-4H3,(H,16,18). The fourth-order valence-corrected chi connectivity index (χ4v) is 1.47. The van der Waals surface area contributed by atoms with Crippen LogP contribution in [0.1, 0.15) is 33.3 Å². The molecule has 1 aromatic rings. The molecule has 20 heavy (non-hydrogen) atoms. The molecule has 0 saturated carbocycles. The van der Waals surface area contributed by atoms with Gasteiger partial charge in [-0.15, -0.1) is 0 Å². The second-order valence-corrected chi connectivity index (χ2v) is 5.25. The van der Waals surface area contributed by atoms with Gasteiger partial charge in [0.1, 0.15) is 18.0 Å². The van der Waals surface area contributed by atoms with Gasteiger partial charge in [-0.1, -0.05) is 6.92 Å². The molecule has 6 heteroatoms. The summed E-state index contributed by atoms with van der Waals surface area (Å²) < 4.78 is 23.5.